The largest absolute Gasteiger partial charge is 0.347 e. The van der Waals surface area contributed by atoms with Crippen LogP contribution in [0.25, 0.3) is 0 Å². The van der Waals surface area contributed by atoms with Crippen molar-refractivity contribution in [2.45, 2.75) is 184 Å². The average molecular weight is 760 g/mol. The van der Waals surface area contributed by atoms with E-state index in [2.05, 4.69) is 35.1 Å². The fourth-order valence-corrected chi connectivity index (χ4v) is 12.4. The Labute approximate surface area is 316 Å². The summed E-state index contributed by atoms with van der Waals surface area (Å²) in [6.07, 6.45) is 10.6. The molecule has 0 radical (unpaired) electrons. The molecule has 6 fully saturated rings. The van der Waals surface area contributed by atoms with E-state index in [1.54, 1.807) is 32.6 Å². The number of likely N-dealkylation sites (tertiary alicyclic amines) is 1. The molecule has 12 nitrogen and oxygen atoms in total. The number of ketones is 1. The van der Waals surface area contributed by atoms with Crippen molar-refractivity contribution in [2.75, 3.05) is 6.54 Å². The molecule has 0 spiro atoms. The smallest absolute Gasteiger partial charge is 0.315 e. The van der Waals surface area contributed by atoms with Crippen LogP contribution in [0.3, 0.4) is 0 Å². The van der Waals surface area contributed by atoms with Gasteiger partial charge < -0.3 is 26.2 Å². The molecule has 7 atom stereocenters. The lowest BCUT2D eigenvalue weighted by Gasteiger charge is -2.46. The van der Waals surface area contributed by atoms with Crippen molar-refractivity contribution in [3.8, 4) is 0 Å². The third kappa shape index (κ3) is 7.14. The molecule has 5 amide bonds. The first-order valence-electron chi connectivity index (χ1n) is 20.5. The quantitative estimate of drug-likeness (QED) is 0.212. The van der Waals surface area contributed by atoms with Gasteiger partial charge in [0.05, 0.1) is 15.5 Å². The van der Waals surface area contributed by atoms with Crippen molar-refractivity contribution in [1.82, 2.24) is 26.2 Å². The lowest BCUT2D eigenvalue weighted by molar-refractivity contribution is -0.146. The van der Waals surface area contributed by atoms with Gasteiger partial charge in [0.2, 0.25) is 17.6 Å². The molecule has 0 aromatic carbocycles. The standard InChI is InChI=1S/C40H65N5O7S/c1-9-25-22-40(25,31(46)33(48)41-26-16-17-26)43-32(47)29-28-27(37(28,6)7)23-45(29)34(49)30(38(8)18-12-10-13-19-38)42-35(50)44-39(20-14-11-15-21-39)24(2)53(51,52)36(3,4)5/h24-30H,9-23H2,1-8H3,(H,41,48)(H,43,47)(H2,42,44,50)/t24-,25+,27?,28?,29-,30-,40?/m0/s1. The lowest BCUT2D eigenvalue weighted by Crippen LogP contribution is -2.66. The first-order chi connectivity index (χ1) is 24.6. The van der Waals surface area contributed by atoms with Gasteiger partial charge in [0, 0.05) is 12.6 Å². The second-order valence-corrected chi connectivity index (χ2v) is 22.5. The Balaban J connectivity index is 1.26. The Morgan fingerprint density at radius 1 is 0.868 bits per heavy atom. The van der Waals surface area contributed by atoms with Crippen molar-refractivity contribution in [2.24, 2.45) is 28.6 Å². The molecule has 6 rings (SSSR count). The van der Waals surface area contributed by atoms with Gasteiger partial charge in [-0.3, -0.25) is 19.2 Å². The number of piperidine rings is 1. The molecule has 1 saturated heterocycles. The van der Waals surface area contributed by atoms with E-state index in [0.29, 0.717) is 32.2 Å². The zero-order chi connectivity index (χ0) is 38.9. The highest BCUT2D eigenvalue weighted by Crippen LogP contribution is 2.65. The Morgan fingerprint density at radius 2 is 1.45 bits per heavy atom. The van der Waals surface area contributed by atoms with E-state index in [-0.39, 0.29) is 35.1 Å². The van der Waals surface area contributed by atoms with Crippen molar-refractivity contribution in [3.63, 3.8) is 0 Å². The molecule has 5 saturated carbocycles. The molecule has 13 heteroatoms. The Hall–Kier alpha value is -2.70. The number of carbonyl (C=O) groups is 5. The van der Waals surface area contributed by atoms with Gasteiger partial charge in [0.15, 0.2) is 9.84 Å². The highest BCUT2D eigenvalue weighted by atomic mass is 32.2. The molecular formula is C40H65N5O7S. The molecule has 1 heterocycles. The molecule has 0 aromatic rings. The SMILES string of the molecule is CC[C@@H]1CC1(NC(=O)[C@@H]1C2C(CN1C(=O)[C@H](NC(=O)NC1([C@H](C)S(=O)(=O)C(C)(C)C)CCCCC1)C1(C)CCCCC1)C2(C)C)C(=O)C(=O)NC1CC1. The van der Waals surface area contributed by atoms with Crippen LogP contribution in [0.5, 0.6) is 0 Å². The minimum Gasteiger partial charge on any atom is -0.347 e. The van der Waals surface area contributed by atoms with Crippen LogP contribution in [0, 0.1) is 28.6 Å². The summed E-state index contributed by atoms with van der Waals surface area (Å²) in [4.78, 5) is 71.9. The van der Waals surface area contributed by atoms with Gasteiger partial charge in [-0.1, -0.05) is 72.6 Å². The molecule has 0 bridgehead atoms. The third-order valence-corrected chi connectivity index (χ3v) is 17.7. The fourth-order valence-electron chi connectivity index (χ4n) is 10.5. The van der Waals surface area contributed by atoms with Gasteiger partial charge in [0.25, 0.3) is 5.91 Å². The van der Waals surface area contributed by atoms with Crippen LogP contribution < -0.4 is 21.3 Å². The summed E-state index contributed by atoms with van der Waals surface area (Å²) >= 11 is 0. The maximum Gasteiger partial charge on any atom is 0.315 e. The summed E-state index contributed by atoms with van der Waals surface area (Å²) in [5, 5.41) is 11.2. The van der Waals surface area contributed by atoms with Crippen molar-refractivity contribution in [3.05, 3.63) is 0 Å². The predicted molar refractivity (Wildman–Crippen MR) is 202 cm³/mol. The molecule has 0 aromatic heterocycles. The van der Waals surface area contributed by atoms with Crippen LogP contribution in [-0.2, 0) is 29.0 Å². The summed E-state index contributed by atoms with van der Waals surface area (Å²) in [5.41, 5.74) is -3.03. The summed E-state index contributed by atoms with van der Waals surface area (Å²) in [6, 6.07) is -2.35. The highest BCUT2D eigenvalue weighted by Gasteiger charge is 2.71. The van der Waals surface area contributed by atoms with Crippen LogP contribution >= 0.6 is 0 Å². The van der Waals surface area contributed by atoms with E-state index >= 15 is 4.79 Å². The number of hydrogen-bond donors (Lipinski definition) is 4. The summed E-state index contributed by atoms with van der Waals surface area (Å²) in [7, 11) is -3.64. The molecular weight excluding hydrogens is 695 g/mol. The predicted octanol–water partition coefficient (Wildman–Crippen LogP) is 4.54. The zero-order valence-electron chi connectivity index (χ0n) is 33.4. The number of rotatable bonds is 12. The molecule has 4 N–H and O–H groups in total. The topological polar surface area (TPSA) is 171 Å². The number of fused-ring (bicyclic) bond motifs is 1. The second kappa shape index (κ2) is 13.8. The number of carbonyl (C=O) groups excluding carboxylic acids is 5. The number of sulfone groups is 1. The fraction of sp³-hybridized carbons (Fsp3) is 0.875. The van der Waals surface area contributed by atoms with Crippen molar-refractivity contribution in [1.29, 1.82) is 0 Å². The first-order valence-corrected chi connectivity index (χ1v) is 22.0. The highest BCUT2D eigenvalue weighted by molar-refractivity contribution is 7.93. The Morgan fingerprint density at radius 3 is 1.98 bits per heavy atom. The second-order valence-electron chi connectivity index (χ2n) is 19.5. The van der Waals surface area contributed by atoms with Crippen LogP contribution in [0.4, 0.5) is 4.79 Å². The number of nitrogens with one attached hydrogen (secondary N) is 4. The molecule has 5 aliphatic carbocycles. The first kappa shape index (κ1) is 40.0. The van der Waals surface area contributed by atoms with Crippen molar-refractivity contribution < 1.29 is 32.4 Å². The number of urea groups is 1. The summed E-state index contributed by atoms with van der Waals surface area (Å²) in [6.45, 7) is 15.3. The summed E-state index contributed by atoms with van der Waals surface area (Å²) < 4.78 is 26.6. The molecule has 3 unspecified atom stereocenters. The molecule has 298 valence electrons. The zero-order valence-corrected chi connectivity index (χ0v) is 34.2. The van der Waals surface area contributed by atoms with E-state index in [4.69, 9.17) is 0 Å². The lowest BCUT2D eigenvalue weighted by atomic mass is 9.70. The maximum absolute atomic E-state index is 15.0. The third-order valence-electron chi connectivity index (χ3n) is 14.6. The van der Waals surface area contributed by atoms with Gasteiger partial charge >= 0.3 is 6.03 Å². The van der Waals surface area contributed by atoms with Gasteiger partial charge in [-0.15, -0.1) is 0 Å². The van der Waals surface area contributed by atoms with E-state index < -0.39 is 72.0 Å². The van der Waals surface area contributed by atoms with Crippen LogP contribution in [0.2, 0.25) is 0 Å². The van der Waals surface area contributed by atoms with E-state index in [1.165, 1.54) is 0 Å². The van der Waals surface area contributed by atoms with Crippen LogP contribution in [0.15, 0.2) is 0 Å². The van der Waals surface area contributed by atoms with Crippen LogP contribution in [0.1, 0.15) is 145 Å². The van der Waals surface area contributed by atoms with Crippen LogP contribution in [-0.4, -0.2) is 88.6 Å². The number of Topliss-reactive ketones (excluding diaryl/α,β-unsaturated/α-hetero) is 1. The molecule has 6 aliphatic rings. The van der Waals surface area contributed by atoms with E-state index in [1.807, 2.05) is 13.8 Å². The summed E-state index contributed by atoms with van der Waals surface area (Å²) in [5.74, 6) is -2.22. The number of nitrogens with zero attached hydrogens (tertiary/aromatic N) is 1. The van der Waals surface area contributed by atoms with Gasteiger partial charge in [-0.2, -0.15) is 0 Å². The monoisotopic (exact) mass is 759 g/mol. The van der Waals surface area contributed by atoms with Gasteiger partial charge in [-0.05, 0) is 101 Å². The molecule has 53 heavy (non-hydrogen) atoms. The van der Waals surface area contributed by atoms with E-state index in [0.717, 1.165) is 64.2 Å². The normalized spacial score (nSPS) is 32.3. The van der Waals surface area contributed by atoms with Gasteiger partial charge in [-0.25, -0.2) is 13.2 Å². The van der Waals surface area contributed by atoms with Gasteiger partial charge in [0.1, 0.15) is 17.6 Å². The number of amides is 5. The van der Waals surface area contributed by atoms with Crippen molar-refractivity contribution >= 4 is 39.4 Å². The number of hydrogen-bond acceptors (Lipinski definition) is 7. The Kier molecular flexibility index (Phi) is 10.4. The molecule has 1 aliphatic heterocycles. The minimum atomic E-state index is -3.64. The van der Waals surface area contributed by atoms with E-state index in [9.17, 15) is 27.6 Å². The average Bonchev–Trinajstić information content (AvgIpc) is 4.05. The Bertz CT molecular complexity index is 1600. The minimum absolute atomic E-state index is 0.0101. The maximum atomic E-state index is 15.0.